The summed E-state index contributed by atoms with van der Waals surface area (Å²) in [4.78, 5) is 24.1. The second-order valence-electron chi connectivity index (χ2n) is 4.55. The molecule has 0 radical (unpaired) electrons. The molecule has 1 fully saturated rings. The van der Waals surface area contributed by atoms with Crippen LogP contribution < -0.4 is 10.2 Å². The van der Waals surface area contributed by atoms with E-state index in [-0.39, 0.29) is 18.0 Å². The van der Waals surface area contributed by atoms with Crippen molar-refractivity contribution in [2.45, 2.75) is 18.9 Å². The molecule has 0 heterocycles. The van der Waals surface area contributed by atoms with E-state index in [0.29, 0.717) is 6.04 Å². The average molecular weight is 248 g/mol. The highest BCUT2D eigenvalue weighted by molar-refractivity contribution is 5.88. The molecule has 0 atom stereocenters. The lowest BCUT2D eigenvalue weighted by Gasteiger charge is -2.18. The van der Waals surface area contributed by atoms with Crippen LogP contribution in [0.2, 0.25) is 0 Å². The largest absolute Gasteiger partial charge is 0.478 e. The van der Waals surface area contributed by atoms with Crippen LogP contribution >= 0.6 is 0 Å². The molecule has 0 aliphatic heterocycles. The maximum Gasteiger partial charge on any atom is 0.335 e. The van der Waals surface area contributed by atoms with Crippen molar-refractivity contribution in [1.29, 1.82) is 0 Å². The molecule has 0 saturated heterocycles. The fourth-order valence-corrected chi connectivity index (χ4v) is 1.67. The Morgan fingerprint density at radius 3 is 2.44 bits per heavy atom. The number of rotatable bonds is 5. The highest BCUT2D eigenvalue weighted by atomic mass is 16.4. The number of carbonyl (C=O) groups is 2. The van der Waals surface area contributed by atoms with Crippen LogP contribution in [0.25, 0.3) is 0 Å². The molecule has 18 heavy (non-hydrogen) atoms. The van der Waals surface area contributed by atoms with E-state index in [1.807, 2.05) is 7.05 Å². The molecule has 2 rings (SSSR count). The van der Waals surface area contributed by atoms with Gasteiger partial charge in [0.05, 0.1) is 12.1 Å². The van der Waals surface area contributed by atoms with E-state index in [1.165, 1.54) is 12.1 Å². The van der Waals surface area contributed by atoms with Crippen LogP contribution in [0.4, 0.5) is 5.69 Å². The number of aromatic carboxylic acids is 1. The minimum atomic E-state index is -0.948. The van der Waals surface area contributed by atoms with E-state index in [4.69, 9.17) is 5.11 Å². The van der Waals surface area contributed by atoms with Gasteiger partial charge in [-0.3, -0.25) is 4.79 Å². The number of carboxylic acids is 1. The third-order valence-corrected chi connectivity index (χ3v) is 2.88. The lowest BCUT2D eigenvalue weighted by atomic mass is 10.2. The van der Waals surface area contributed by atoms with E-state index in [2.05, 4.69) is 5.32 Å². The minimum absolute atomic E-state index is 0.00214. The number of benzene rings is 1. The lowest BCUT2D eigenvalue weighted by molar-refractivity contribution is -0.119. The molecule has 1 aromatic rings. The summed E-state index contributed by atoms with van der Waals surface area (Å²) < 4.78 is 0. The van der Waals surface area contributed by atoms with Crippen LogP contribution in [0.5, 0.6) is 0 Å². The number of amides is 1. The smallest absolute Gasteiger partial charge is 0.335 e. The Kier molecular flexibility index (Phi) is 3.50. The molecule has 2 N–H and O–H groups in total. The summed E-state index contributed by atoms with van der Waals surface area (Å²) in [5.74, 6) is -0.946. The normalized spacial score (nSPS) is 14.1. The van der Waals surface area contributed by atoms with Crippen LogP contribution in [0.15, 0.2) is 24.3 Å². The van der Waals surface area contributed by atoms with Crippen LogP contribution in [0, 0.1) is 0 Å². The van der Waals surface area contributed by atoms with Crippen molar-refractivity contribution < 1.29 is 14.7 Å². The molecule has 1 saturated carbocycles. The average Bonchev–Trinajstić information content (AvgIpc) is 3.12. The van der Waals surface area contributed by atoms with Gasteiger partial charge in [0.15, 0.2) is 0 Å². The summed E-state index contributed by atoms with van der Waals surface area (Å²) in [6.07, 6.45) is 2.14. The van der Waals surface area contributed by atoms with Gasteiger partial charge >= 0.3 is 5.97 Å². The molecule has 1 amide bonds. The fraction of sp³-hybridized carbons (Fsp3) is 0.385. The maximum absolute atomic E-state index is 11.6. The van der Waals surface area contributed by atoms with Crippen molar-refractivity contribution >= 4 is 17.6 Å². The van der Waals surface area contributed by atoms with Crippen molar-refractivity contribution in [3.8, 4) is 0 Å². The van der Waals surface area contributed by atoms with Gasteiger partial charge in [-0.1, -0.05) is 0 Å². The quantitative estimate of drug-likeness (QED) is 0.818. The first-order valence-electron chi connectivity index (χ1n) is 5.90. The molecule has 5 heteroatoms. The Balaban J connectivity index is 1.92. The monoisotopic (exact) mass is 248 g/mol. The van der Waals surface area contributed by atoms with Crippen LogP contribution in [0.3, 0.4) is 0 Å². The third-order valence-electron chi connectivity index (χ3n) is 2.88. The predicted molar refractivity (Wildman–Crippen MR) is 67.8 cm³/mol. The van der Waals surface area contributed by atoms with Crippen LogP contribution in [-0.2, 0) is 4.79 Å². The number of likely N-dealkylation sites (N-methyl/N-ethyl adjacent to an activating group) is 1. The fourth-order valence-electron chi connectivity index (χ4n) is 1.67. The lowest BCUT2D eigenvalue weighted by Crippen LogP contribution is -2.36. The second kappa shape index (κ2) is 5.08. The summed E-state index contributed by atoms with van der Waals surface area (Å²) in [5.41, 5.74) is 1.07. The summed E-state index contributed by atoms with van der Waals surface area (Å²) in [6, 6.07) is 6.84. The molecule has 5 nitrogen and oxygen atoms in total. The summed E-state index contributed by atoms with van der Waals surface area (Å²) >= 11 is 0. The van der Waals surface area contributed by atoms with Crippen LogP contribution in [0.1, 0.15) is 23.2 Å². The SMILES string of the molecule is CN(CC(=O)NC1CC1)c1ccc(C(=O)O)cc1. The number of hydrogen-bond donors (Lipinski definition) is 2. The standard InChI is InChI=1S/C13H16N2O3/c1-15(8-12(16)14-10-4-5-10)11-6-2-9(3-7-11)13(17)18/h2-3,6-7,10H,4-5,8H2,1H3,(H,14,16)(H,17,18). The van der Waals surface area contributed by atoms with Gasteiger partial charge in [0.1, 0.15) is 0 Å². The summed E-state index contributed by atoms with van der Waals surface area (Å²) in [7, 11) is 1.81. The van der Waals surface area contributed by atoms with Crippen molar-refractivity contribution in [2.75, 3.05) is 18.5 Å². The molecule has 1 aliphatic carbocycles. The van der Waals surface area contributed by atoms with Crippen LogP contribution in [-0.4, -0.2) is 36.6 Å². The topological polar surface area (TPSA) is 69.6 Å². The number of nitrogens with zero attached hydrogens (tertiary/aromatic N) is 1. The number of anilines is 1. The van der Waals surface area contributed by atoms with E-state index in [0.717, 1.165) is 18.5 Å². The minimum Gasteiger partial charge on any atom is -0.478 e. The molecule has 0 unspecified atom stereocenters. The maximum atomic E-state index is 11.6. The van der Waals surface area contributed by atoms with E-state index in [1.54, 1.807) is 17.0 Å². The Morgan fingerprint density at radius 1 is 1.33 bits per heavy atom. The van der Waals surface area contributed by atoms with E-state index >= 15 is 0 Å². The van der Waals surface area contributed by atoms with Gasteiger partial charge in [-0.2, -0.15) is 0 Å². The number of hydrogen-bond acceptors (Lipinski definition) is 3. The first kappa shape index (κ1) is 12.4. The van der Waals surface area contributed by atoms with E-state index < -0.39 is 5.97 Å². The zero-order valence-corrected chi connectivity index (χ0v) is 10.2. The molecular formula is C13H16N2O3. The number of nitrogens with one attached hydrogen (secondary N) is 1. The third kappa shape index (κ3) is 3.23. The highest BCUT2D eigenvalue weighted by Gasteiger charge is 2.23. The van der Waals surface area contributed by atoms with Crippen molar-refractivity contribution in [3.63, 3.8) is 0 Å². The molecule has 0 aromatic heterocycles. The van der Waals surface area contributed by atoms with E-state index in [9.17, 15) is 9.59 Å². The summed E-state index contributed by atoms with van der Waals surface area (Å²) in [5, 5.41) is 11.7. The summed E-state index contributed by atoms with van der Waals surface area (Å²) in [6.45, 7) is 0.281. The van der Waals surface area contributed by atoms with Gasteiger partial charge in [-0.15, -0.1) is 0 Å². The molecule has 1 aromatic carbocycles. The zero-order valence-electron chi connectivity index (χ0n) is 10.2. The van der Waals surface area contributed by atoms with Gasteiger partial charge in [-0.25, -0.2) is 4.79 Å². The van der Waals surface area contributed by atoms with Crippen molar-refractivity contribution in [3.05, 3.63) is 29.8 Å². The number of carbonyl (C=O) groups excluding carboxylic acids is 1. The van der Waals surface area contributed by atoms with Crippen molar-refractivity contribution in [1.82, 2.24) is 5.32 Å². The van der Waals surface area contributed by atoms with Gasteiger partial charge in [0, 0.05) is 18.8 Å². The molecule has 0 spiro atoms. The molecule has 96 valence electrons. The Morgan fingerprint density at radius 2 is 1.94 bits per heavy atom. The zero-order chi connectivity index (χ0) is 13.1. The van der Waals surface area contributed by atoms with Gasteiger partial charge in [-0.05, 0) is 37.1 Å². The first-order valence-corrected chi connectivity index (χ1v) is 5.90. The Bertz CT molecular complexity index is 452. The second-order valence-corrected chi connectivity index (χ2v) is 4.55. The predicted octanol–water partition coefficient (Wildman–Crippen LogP) is 1.10. The Hall–Kier alpha value is -2.04. The van der Waals surface area contributed by atoms with Gasteiger partial charge in [0.2, 0.25) is 5.91 Å². The number of carboxylic acid groups (broad SMARTS) is 1. The van der Waals surface area contributed by atoms with Gasteiger partial charge < -0.3 is 15.3 Å². The van der Waals surface area contributed by atoms with Gasteiger partial charge in [0.25, 0.3) is 0 Å². The molecule has 1 aliphatic rings. The highest BCUT2D eigenvalue weighted by Crippen LogP contribution is 2.19. The van der Waals surface area contributed by atoms with Crippen molar-refractivity contribution in [2.24, 2.45) is 0 Å². The molecule has 0 bridgehead atoms. The Labute approximate surface area is 105 Å². The first-order chi connectivity index (χ1) is 8.56. The molecular weight excluding hydrogens is 232 g/mol.